The van der Waals surface area contributed by atoms with E-state index in [1.165, 1.54) is 13.2 Å². The summed E-state index contributed by atoms with van der Waals surface area (Å²) in [6.45, 7) is 7.96. The molecule has 0 aliphatic heterocycles. The first-order valence-corrected chi connectivity index (χ1v) is 8.36. The van der Waals surface area contributed by atoms with Crippen LogP contribution in [-0.4, -0.2) is 26.7 Å². The molecule has 0 unspecified atom stereocenters. The van der Waals surface area contributed by atoms with Crippen LogP contribution in [0.4, 0.5) is 0 Å². The van der Waals surface area contributed by atoms with Gasteiger partial charge in [0.15, 0.2) is 0 Å². The molecule has 0 saturated heterocycles. The van der Waals surface area contributed by atoms with Crippen molar-refractivity contribution in [1.29, 1.82) is 0 Å². The van der Waals surface area contributed by atoms with Gasteiger partial charge in [-0.25, -0.2) is 13.1 Å². The standard InChI is InChI=1S/C15H23NO4S/c1-14(2)13(15(14,3)4)16-21(18,19)12-8-10(9-17)6-7-11(12)20-5/h6-8,13,16-17H,9H2,1-5H3. The first-order chi connectivity index (χ1) is 9.57. The molecule has 1 aromatic rings. The highest BCUT2D eigenvalue weighted by Crippen LogP contribution is 2.63. The maximum atomic E-state index is 12.6. The summed E-state index contributed by atoms with van der Waals surface area (Å²) in [5.74, 6) is 0.274. The molecule has 5 nitrogen and oxygen atoms in total. The van der Waals surface area contributed by atoms with Crippen LogP contribution >= 0.6 is 0 Å². The normalized spacial score (nSPS) is 20.3. The third kappa shape index (κ3) is 2.56. The SMILES string of the molecule is COc1ccc(CO)cc1S(=O)(=O)NC1C(C)(C)C1(C)C. The summed E-state index contributed by atoms with van der Waals surface area (Å²) in [5, 5.41) is 9.20. The number of benzene rings is 1. The first kappa shape index (κ1) is 16.3. The Kier molecular flexibility index (Phi) is 3.85. The molecule has 118 valence electrons. The summed E-state index contributed by atoms with van der Waals surface area (Å²) >= 11 is 0. The Labute approximate surface area is 126 Å². The van der Waals surface area contributed by atoms with Crippen LogP contribution in [-0.2, 0) is 16.6 Å². The Morgan fingerprint density at radius 1 is 1.24 bits per heavy atom. The lowest BCUT2D eigenvalue weighted by Gasteiger charge is -2.13. The number of ether oxygens (including phenoxy) is 1. The van der Waals surface area contributed by atoms with Crippen LogP contribution < -0.4 is 9.46 Å². The van der Waals surface area contributed by atoms with E-state index < -0.39 is 10.0 Å². The fourth-order valence-electron chi connectivity index (χ4n) is 2.74. The van der Waals surface area contributed by atoms with Crippen molar-refractivity contribution in [1.82, 2.24) is 4.72 Å². The van der Waals surface area contributed by atoms with Gasteiger partial charge in [-0.2, -0.15) is 0 Å². The summed E-state index contributed by atoms with van der Waals surface area (Å²) in [6, 6.07) is 4.52. The van der Waals surface area contributed by atoms with E-state index in [1.807, 2.05) is 27.7 Å². The smallest absolute Gasteiger partial charge is 0.244 e. The first-order valence-electron chi connectivity index (χ1n) is 6.88. The van der Waals surface area contributed by atoms with Crippen molar-refractivity contribution in [3.63, 3.8) is 0 Å². The summed E-state index contributed by atoms with van der Waals surface area (Å²) in [5.41, 5.74) is 0.342. The molecule has 1 aromatic carbocycles. The quantitative estimate of drug-likeness (QED) is 0.870. The summed E-state index contributed by atoms with van der Waals surface area (Å²) in [6.07, 6.45) is 0. The van der Waals surface area contributed by atoms with E-state index in [2.05, 4.69) is 4.72 Å². The number of hydrogen-bond donors (Lipinski definition) is 2. The van der Waals surface area contributed by atoms with E-state index in [-0.39, 0.29) is 34.1 Å². The Hall–Kier alpha value is -1.11. The maximum Gasteiger partial charge on any atom is 0.244 e. The summed E-state index contributed by atoms with van der Waals surface area (Å²) < 4.78 is 33.2. The van der Waals surface area contributed by atoms with Crippen molar-refractivity contribution in [3.05, 3.63) is 23.8 Å². The molecule has 0 atom stereocenters. The van der Waals surface area contributed by atoms with Gasteiger partial charge in [0, 0.05) is 6.04 Å². The van der Waals surface area contributed by atoms with Gasteiger partial charge in [0.05, 0.1) is 13.7 Å². The Balaban J connectivity index is 2.37. The molecule has 0 radical (unpaired) electrons. The van der Waals surface area contributed by atoms with Gasteiger partial charge < -0.3 is 9.84 Å². The van der Waals surface area contributed by atoms with Gasteiger partial charge in [-0.3, -0.25) is 0 Å². The molecule has 21 heavy (non-hydrogen) atoms. The highest BCUT2D eigenvalue weighted by Gasteiger charge is 2.66. The average molecular weight is 313 g/mol. The number of aliphatic hydroxyl groups is 1. The highest BCUT2D eigenvalue weighted by molar-refractivity contribution is 7.89. The largest absolute Gasteiger partial charge is 0.495 e. The molecule has 1 aliphatic rings. The fraction of sp³-hybridized carbons (Fsp3) is 0.600. The second-order valence-electron chi connectivity index (χ2n) is 6.64. The molecule has 1 aliphatic carbocycles. The van der Waals surface area contributed by atoms with Gasteiger partial charge in [0.1, 0.15) is 10.6 Å². The van der Waals surface area contributed by atoms with E-state index in [0.29, 0.717) is 5.56 Å². The van der Waals surface area contributed by atoms with Gasteiger partial charge in [-0.1, -0.05) is 33.8 Å². The zero-order chi connectivity index (χ0) is 16.1. The van der Waals surface area contributed by atoms with Crippen LogP contribution in [0.15, 0.2) is 23.1 Å². The lowest BCUT2D eigenvalue weighted by molar-refractivity contribution is 0.281. The van der Waals surface area contributed by atoms with Crippen molar-refractivity contribution in [2.24, 2.45) is 10.8 Å². The monoisotopic (exact) mass is 313 g/mol. The number of aliphatic hydroxyl groups excluding tert-OH is 1. The predicted molar refractivity (Wildman–Crippen MR) is 80.6 cm³/mol. The number of methoxy groups -OCH3 is 1. The molecular formula is C15H23NO4S. The molecule has 0 heterocycles. The third-order valence-electron chi connectivity index (χ3n) is 4.99. The lowest BCUT2D eigenvalue weighted by Crippen LogP contribution is -2.30. The van der Waals surface area contributed by atoms with E-state index >= 15 is 0 Å². The van der Waals surface area contributed by atoms with Crippen molar-refractivity contribution in [2.75, 3.05) is 7.11 Å². The van der Waals surface area contributed by atoms with Gasteiger partial charge >= 0.3 is 0 Å². The molecule has 6 heteroatoms. The van der Waals surface area contributed by atoms with Crippen LogP contribution in [0, 0.1) is 10.8 Å². The minimum atomic E-state index is -3.70. The zero-order valence-electron chi connectivity index (χ0n) is 13.1. The predicted octanol–water partition coefficient (Wildman–Crippen LogP) is 1.90. The molecule has 2 N–H and O–H groups in total. The highest BCUT2D eigenvalue weighted by atomic mass is 32.2. The van der Waals surface area contributed by atoms with Crippen molar-refractivity contribution < 1.29 is 18.3 Å². The number of rotatable bonds is 5. The molecule has 0 bridgehead atoms. The topological polar surface area (TPSA) is 75.6 Å². The van der Waals surface area contributed by atoms with Gasteiger partial charge in [0.2, 0.25) is 10.0 Å². The van der Waals surface area contributed by atoms with Gasteiger partial charge in [0.25, 0.3) is 0 Å². The van der Waals surface area contributed by atoms with E-state index in [9.17, 15) is 13.5 Å². The van der Waals surface area contributed by atoms with Crippen LogP contribution in [0.25, 0.3) is 0 Å². The lowest BCUT2D eigenvalue weighted by atomic mass is 10.0. The van der Waals surface area contributed by atoms with E-state index in [4.69, 9.17) is 4.74 Å². The van der Waals surface area contributed by atoms with E-state index in [0.717, 1.165) is 0 Å². The number of hydrogen-bond acceptors (Lipinski definition) is 4. The fourth-order valence-corrected chi connectivity index (χ4v) is 4.49. The number of sulfonamides is 1. The second kappa shape index (κ2) is 4.97. The van der Waals surface area contributed by atoms with Crippen LogP contribution in [0.3, 0.4) is 0 Å². The summed E-state index contributed by atoms with van der Waals surface area (Å²) in [7, 11) is -2.27. The Morgan fingerprint density at radius 3 is 2.24 bits per heavy atom. The van der Waals surface area contributed by atoms with Gasteiger partial charge in [-0.05, 0) is 28.5 Å². The average Bonchev–Trinajstić information content (AvgIpc) is 2.80. The van der Waals surface area contributed by atoms with E-state index in [1.54, 1.807) is 12.1 Å². The molecule has 1 saturated carbocycles. The van der Waals surface area contributed by atoms with Crippen LogP contribution in [0.2, 0.25) is 0 Å². The molecule has 0 amide bonds. The molecular weight excluding hydrogens is 290 g/mol. The molecule has 1 fully saturated rings. The molecule has 0 aromatic heterocycles. The van der Waals surface area contributed by atoms with Crippen molar-refractivity contribution in [3.8, 4) is 5.75 Å². The Bertz CT molecular complexity index is 636. The van der Waals surface area contributed by atoms with Crippen LogP contribution in [0.5, 0.6) is 5.75 Å². The minimum Gasteiger partial charge on any atom is -0.495 e. The van der Waals surface area contributed by atoms with Crippen molar-refractivity contribution in [2.45, 2.75) is 45.2 Å². The molecule has 2 rings (SSSR count). The van der Waals surface area contributed by atoms with Crippen molar-refractivity contribution >= 4 is 10.0 Å². The maximum absolute atomic E-state index is 12.6. The second-order valence-corrected chi connectivity index (χ2v) is 8.32. The third-order valence-corrected chi connectivity index (χ3v) is 6.44. The Morgan fingerprint density at radius 2 is 1.81 bits per heavy atom. The summed E-state index contributed by atoms with van der Waals surface area (Å²) in [4.78, 5) is 0.0649. The van der Waals surface area contributed by atoms with Crippen LogP contribution in [0.1, 0.15) is 33.3 Å². The number of nitrogens with one attached hydrogen (secondary N) is 1. The zero-order valence-corrected chi connectivity index (χ0v) is 13.9. The minimum absolute atomic E-state index is 0.0649. The van der Waals surface area contributed by atoms with Gasteiger partial charge in [-0.15, -0.1) is 0 Å². The molecule has 0 spiro atoms.